The van der Waals surface area contributed by atoms with Crippen LogP contribution < -0.4 is 5.32 Å². The average Bonchev–Trinajstić information content (AvgIpc) is 2.40. The van der Waals surface area contributed by atoms with Crippen LogP contribution in [0.4, 0.5) is 18.9 Å². The van der Waals surface area contributed by atoms with E-state index in [0.29, 0.717) is 4.47 Å². The monoisotopic (exact) mass is 346 g/mol. The molecule has 108 valence electrons. The summed E-state index contributed by atoms with van der Waals surface area (Å²) >= 11 is 3.06. The molecule has 1 aromatic rings. The number of rotatable bonds is 2. The van der Waals surface area contributed by atoms with Crippen LogP contribution in [0, 0.1) is 17.2 Å². The number of anilines is 1. The number of halogens is 4. The van der Waals surface area contributed by atoms with Crippen LogP contribution in [0.3, 0.4) is 0 Å². The largest absolute Gasteiger partial charge is 0.418 e. The number of alkyl halides is 3. The third-order valence-corrected chi connectivity index (χ3v) is 4.05. The number of hydrogen-bond acceptors (Lipinski definition) is 2. The van der Waals surface area contributed by atoms with Crippen LogP contribution in [0.2, 0.25) is 0 Å². The van der Waals surface area contributed by atoms with Gasteiger partial charge in [-0.3, -0.25) is 0 Å². The highest BCUT2D eigenvalue weighted by Crippen LogP contribution is 2.38. The summed E-state index contributed by atoms with van der Waals surface area (Å²) in [5, 5.41) is 12.0. The Morgan fingerprint density at radius 1 is 1.25 bits per heavy atom. The molecule has 0 spiro atoms. The molecule has 6 heteroatoms. The van der Waals surface area contributed by atoms with E-state index in [1.165, 1.54) is 6.07 Å². The maximum atomic E-state index is 13.0. The van der Waals surface area contributed by atoms with Crippen LogP contribution in [-0.2, 0) is 6.18 Å². The fourth-order valence-electron chi connectivity index (χ4n) is 2.53. The third-order valence-electron chi connectivity index (χ3n) is 3.56. The molecule has 1 saturated carbocycles. The molecule has 0 aliphatic heterocycles. The quantitative estimate of drug-likeness (QED) is 0.821. The van der Waals surface area contributed by atoms with E-state index < -0.39 is 11.7 Å². The minimum absolute atomic E-state index is 0.0489. The van der Waals surface area contributed by atoms with Crippen molar-refractivity contribution in [3.63, 3.8) is 0 Å². The Morgan fingerprint density at radius 2 is 1.95 bits per heavy atom. The van der Waals surface area contributed by atoms with Gasteiger partial charge in [0.2, 0.25) is 0 Å². The van der Waals surface area contributed by atoms with Crippen LogP contribution in [-0.4, -0.2) is 6.04 Å². The number of nitrogens with zero attached hydrogens (tertiary/aromatic N) is 1. The smallest absolute Gasteiger partial charge is 0.380 e. The van der Waals surface area contributed by atoms with Gasteiger partial charge in [0.05, 0.1) is 17.6 Å². The third kappa shape index (κ3) is 3.45. The first-order chi connectivity index (χ1) is 9.41. The molecule has 0 bridgehead atoms. The van der Waals surface area contributed by atoms with Gasteiger partial charge in [-0.1, -0.05) is 28.8 Å². The molecule has 1 fully saturated rings. The molecular formula is C14H14BrF3N2. The Bertz CT molecular complexity index is 522. The van der Waals surface area contributed by atoms with E-state index >= 15 is 0 Å². The molecule has 0 saturated heterocycles. The zero-order valence-electron chi connectivity index (χ0n) is 10.7. The summed E-state index contributed by atoms with van der Waals surface area (Å²) in [5.74, 6) is -0.228. The molecule has 0 aromatic heterocycles. The van der Waals surface area contributed by atoms with Gasteiger partial charge in [-0.15, -0.1) is 0 Å². The van der Waals surface area contributed by atoms with Gasteiger partial charge in [-0.2, -0.15) is 18.4 Å². The SMILES string of the molecule is N#CC1CCCCC1Nc1ccc(Br)cc1C(F)(F)F. The first-order valence-corrected chi connectivity index (χ1v) is 7.24. The second kappa shape index (κ2) is 6.04. The molecule has 2 atom stereocenters. The molecule has 2 unspecified atom stereocenters. The number of benzene rings is 1. The number of nitrogens with one attached hydrogen (secondary N) is 1. The Morgan fingerprint density at radius 3 is 2.60 bits per heavy atom. The van der Waals surface area contributed by atoms with Crippen molar-refractivity contribution < 1.29 is 13.2 Å². The first-order valence-electron chi connectivity index (χ1n) is 6.44. The van der Waals surface area contributed by atoms with Crippen LogP contribution >= 0.6 is 15.9 Å². The summed E-state index contributed by atoms with van der Waals surface area (Å²) in [5.41, 5.74) is -0.651. The highest BCUT2D eigenvalue weighted by molar-refractivity contribution is 9.10. The summed E-state index contributed by atoms with van der Waals surface area (Å²) in [6.45, 7) is 0. The van der Waals surface area contributed by atoms with Crippen molar-refractivity contribution in [2.24, 2.45) is 5.92 Å². The van der Waals surface area contributed by atoms with E-state index in [0.717, 1.165) is 31.7 Å². The summed E-state index contributed by atoms with van der Waals surface area (Å²) in [6, 6.07) is 6.02. The van der Waals surface area contributed by atoms with Gasteiger partial charge in [0, 0.05) is 16.2 Å². The van der Waals surface area contributed by atoms with Crippen molar-refractivity contribution >= 4 is 21.6 Å². The lowest BCUT2D eigenvalue weighted by Gasteiger charge is -2.29. The minimum atomic E-state index is -4.41. The molecule has 0 radical (unpaired) electrons. The topological polar surface area (TPSA) is 35.8 Å². The second-order valence-electron chi connectivity index (χ2n) is 4.96. The molecule has 1 N–H and O–H groups in total. The lowest BCUT2D eigenvalue weighted by atomic mass is 9.85. The lowest BCUT2D eigenvalue weighted by molar-refractivity contribution is -0.137. The van der Waals surface area contributed by atoms with E-state index in [4.69, 9.17) is 5.26 Å². The van der Waals surface area contributed by atoms with Crippen LogP contribution in [0.25, 0.3) is 0 Å². The van der Waals surface area contributed by atoms with Gasteiger partial charge in [-0.25, -0.2) is 0 Å². The van der Waals surface area contributed by atoms with E-state index in [1.807, 2.05) is 0 Å². The maximum Gasteiger partial charge on any atom is 0.418 e. The molecule has 1 aliphatic rings. The van der Waals surface area contributed by atoms with E-state index in [2.05, 4.69) is 27.3 Å². The molecular weight excluding hydrogens is 333 g/mol. The minimum Gasteiger partial charge on any atom is -0.380 e. The Balaban J connectivity index is 2.27. The predicted octanol–water partition coefficient (Wildman–Crippen LogP) is 4.96. The summed E-state index contributed by atoms with van der Waals surface area (Å²) in [7, 11) is 0. The van der Waals surface area contributed by atoms with Gasteiger partial charge >= 0.3 is 6.18 Å². The van der Waals surface area contributed by atoms with Crippen molar-refractivity contribution in [1.82, 2.24) is 0 Å². The van der Waals surface area contributed by atoms with Crippen molar-refractivity contribution in [2.75, 3.05) is 5.32 Å². The van der Waals surface area contributed by atoms with E-state index in [1.54, 1.807) is 6.07 Å². The Labute approximate surface area is 124 Å². The molecule has 1 aliphatic carbocycles. The van der Waals surface area contributed by atoms with Gasteiger partial charge < -0.3 is 5.32 Å². The fraction of sp³-hybridized carbons (Fsp3) is 0.500. The first kappa shape index (κ1) is 15.2. The summed E-state index contributed by atoms with van der Waals surface area (Å²) < 4.78 is 39.5. The molecule has 2 nitrogen and oxygen atoms in total. The summed E-state index contributed by atoms with van der Waals surface area (Å²) in [4.78, 5) is 0. The molecule has 20 heavy (non-hydrogen) atoms. The van der Waals surface area contributed by atoms with Gasteiger partial charge in [0.15, 0.2) is 0 Å². The molecule has 2 rings (SSSR count). The van der Waals surface area contributed by atoms with Crippen LogP contribution in [0.5, 0.6) is 0 Å². The zero-order chi connectivity index (χ0) is 14.8. The highest BCUT2D eigenvalue weighted by atomic mass is 79.9. The van der Waals surface area contributed by atoms with Crippen LogP contribution in [0.15, 0.2) is 22.7 Å². The van der Waals surface area contributed by atoms with E-state index in [-0.39, 0.29) is 17.6 Å². The number of nitriles is 1. The summed E-state index contributed by atoms with van der Waals surface area (Å²) in [6.07, 6.45) is -1.04. The van der Waals surface area contributed by atoms with Gasteiger partial charge in [-0.05, 0) is 31.0 Å². The maximum absolute atomic E-state index is 13.0. The lowest BCUT2D eigenvalue weighted by Crippen LogP contribution is -2.32. The van der Waals surface area contributed by atoms with Gasteiger partial charge in [0.1, 0.15) is 0 Å². The second-order valence-corrected chi connectivity index (χ2v) is 5.87. The molecule has 0 amide bonds. The predicted molar refractivity (Wildman–Crippen MR) is 74.1 cm³/mol. The Kier molecular flexibility index (Phi) is 4.59. The van der Waals surface area contributed by atoms with Crippen LogP contribution in [0.1, 0.15) is 31.2 Å². The van der Waals surface area contributed by atoms with Gasteiger partial charge in [0.25, 0.3) is 0 Å². The highest BCUT2D eigenvalue weighted by Gasteiger charge is 2.35. The zero-order valence-corrected chi connectivity index (χ0v) is 12.3. The van der Waals surface area contributed by atoms with Crippen molar-refractivity contribution in [2.45, 2.75) is 37.9 Å². The van der Waals surface area contributed by atoms with Crippen molar-refractivity contribution in [3.8, 4) is 6.07 Å². The fourth-order valence-corrected chi connectivity index (χ4v) is 2.90. The van der Waals surface area contributed by atoms with E-state index in [9.17, 15) is 13.2 Å². The normalized spacial score (nSPS) is 23.1. The average molecular weight is 347 g/mol. The van der Waals surface area contributed by atoms with Crippen molar-refractivity contribution in [3.05, 3.63) is 28.2 Å². The van der Waals surface area contributed by atoms with Crippen molar-refractivity contribution in [1.29, 1.82) is 5.26 Å². The Hall–Kier alpha value is -1.22. The standard InChI is InChI=1S/C14H14BrF3N2/c15-10-5-6-13(11(7-10)14(16,17)18)20-12-4-2-1-3-9(12)8-19/h5-7,9,12,20H,1-4H2. The number of hydrogen-bond donors (Lipinski definition) is 1. The molecule has 1 aromatic carbocycles. The molecule has 0 heterocycles.